The highest BCUT2D eigenvalue weighted by Gasteiger charge is 2.34. The summed E-state index contributed by atoms with van der Waals surface area (Å²) in [5, 5.41) is 22.1. The summed E-state index contributed by atoms with van der Waals surface area (Å²) < 4.78 is 0. The third-order valence-electron chi connectivity index (χ3n) is 3.06. The van der Waals surface area contributed by atoms with Crippen LogP contribution in [0.25, 0.3) is 11.0 Å². The Kier molecular flexibility index (Phi) is 2.25. The number of aliphatic hydroxyl groups is 2. The maximum atomic E-state index is 11.5. The van der Waals surface area contributed by atoms with Gasteiger partial charge in [-0.15, -0.1) is 0 Å². The molecule has 2 aromatic heterocycles. The van der Waals surface area contributed by atoms with Gasteiger partial charge in [-0.1, -0.05) is 0 Å². The third kappa shape index (κ3) is 1.55. The minimum absolute atomic E-state index is 0.255. The molecule has 1 aliphatic heterocycles. The fourth-order valence-electron chi connectivity index (χ4n) is 2.26. The number of hydrogen-bond acceptors (Lipinski definition) is 5. The van der Waals surface area contributed by atoms with Crippen LogP contribution in [0.15, 0.2) is 17.3 Å². The summed E-state index contributed by atoms with van der Waals surface area (Å²) in [5.74, 6) is 0. The molecular formula is C10H12N4O3. The number of rotatable bonds is 1. The van der Waals surface area contributed by atoms with Crippen molar-refractivity contribution in [2.75, 3.05) is 0 Å². The normalized spacial score (nSPS) is 28.9. The van der Waals surface area contributed by atoms with Gasteiger partial charge in [-0.25, -0.2) is 4.98 Å². The highest BCUT2D eigenvalue weighted by atomic mass is 16.3. The average Bonchev–Trinajstić information content (AvgIpc) is 2.83. The van der Waals surface area contributed by atoms with Gasteiger partial charge in [-0.05, 0) is 0 Å². The number of aromatic amines is 2. The predicted molar refractivity (Wildman–Crippen MR) is 59.2 cm³/mol. The van der Waals surface area contributed by atoms with Crippen molar-refractivity contribution in [3.05, 3.63) is 28.4 Å². The number of H-pyrrole nitrogens is 2. The van der Waals surface area contributed by atoms with Gasteiger partial charge >= 0.3 is 0 Å². The molecule has 5 N–H and O–H groups in total. The quantitative estimate of drug-likeness (QED) is 0.434. The van der Waals surface area contributed by atoms with Crippen LogP contribution < -0.4 is 10.9 Å². The zero-order chi connectivity index (χ0) is 12.0. The van der Waals surface area contributed by atoms with Gasteiger partial charge in [-0.2, -0.15) is 0 Å². The first kappa shape index (κ1) is 10.5. The highest BCUT2D eigenvalue weighted by Crippen LogP contribution is 2.29. The molecule has 0 radical (unpaired) electrons. The van der Waals surface area contributed by atoms with E-state index in [1.807, 2.05) is 0 Å². The first-order valence-corrected chi connectivity index (χ1v) is 5.33. The van der Waals surface area contributed by atoms with Gasteiger partial charge in [-0.3, -0.25) is 10.1 Å². The number of aromatic nitrogens is 3. The predicted octanol–water partition coefficient (Wildman–Crippen LogP) is -1.04. The lowest BCUT2D eigenvalue weighted by atomic mass is 10.1. The summed E-state index contributed by atoms with van der Waals surface area (Å²) in [6, 6.07) is -0.409. The molecule has 3 rings (SSSR count). The Morgan fingerprint density at radius 1 is 1.35 bits per heavy atom. The standard InChI is InChI=1S/C10H12N4O3/c15-5-1-6(16)14-7(5)4-2-11-9-8(4)12-3-13-10(9)17/h2-3,5-7,11,14-16H,1H2,(H,12,13,17)/t5?,6-,7+/m1/s1. The minimum atomic E-state index is -0.734. The van der Waals surface area contributed by atoms with Crippen LogP contribution in [0.3, 0.4) is 0 Å². The van der Waals surface area contributed by atoms with E-state index in [1.54, 1.807) is 6.20 Å². The maximum Gasteiger partial charge on any atom is 0.275 e. The van der Waals surface area contributed by atoms with Crippen LogP contribution in [-0.2, 0) is 0 Å². The lowest BCUT2D eigenvalue weighted by Crippen LogP contribution is -2.25. The summed E-state index contributed by atoms with van der Waals surface area (Å²) in [6.07, 6.45) is 1.79. The van der Waals surface area contributed by atoms with Crippen LogP contribution in [0.1, 0.15) is 18.0 Å². The molecule has 7 nitrogen and oxygen atoms in total. The first-order chi connectivity index (χ1) is 8.16. The zero-order valence-electron chi connectivity index (χ0n) is 8.84. The van der Waals surface area contributed by atoms with Crippen LogP contribution in [0, 0.1) is 0 Å². The molecule has 17 heavy (non-hydrogen) atoms. The maximum absolute atomic E-state index is 11.5. The number of nitrogens with one attached hydrogen (secondary N) is 3. The van der Waals surface area contributed by atoms with Crippen molar-refractivity contribution in [1.82, 2.24) is 20.3 Å². The second-order valence-electron chi connectivity index (χ2n) is 4.16. The minimum Gasteiger partial charge on any atom is -0.391 e. The molecule has 0 spiro atoms. The van der Waals surface area contributed by atoms with E-state index in [4.69, 9.17) is 0 Å². The van der Waals surface area contributed by atoms with Gasteiger partial charge in [0.15, 0.2) is 0 Å². The molecule has 1 saturated heterocycles. The van der Waals surface area contributed by atoms with Crippen molar-refractivity contribution in [3.63, 3.8) is 0 Å². The molecule has 90 valence electrons. The van der Waals surface area contributed by atoms with E-state index in [1.165, 1.54) is 6.33 Å². The Morgan fingerprint density at radius 3 is 2.88 bits per heavy atom. The van der Waals surface area contributed by atoms with E-state index in [0.29, 0.717) is 16.6 Å². The van der Waals surface area contributed by atoms with Gasteiger partial charge in [0.05, 0.1) is 18.5 Å². The second kappa shape index (κ2) is 3.66. The van der Waals surface area contributed by atoms with E-state index in [9.17, 15) is 15.0 Å². The van der Waals surface area contributed by atoms with Crippen LogP contribution in [0.2, 0.25) is 0 Å². The molecule has 0 aromatic carbocycles. The van der Waals surface area contributed by atoms with Gasteiger partial charge in [0, 0.05) is 18.2 Å². The number of hydrogen-bond donors (Lipinski definition) is 5. The van der Waals surface area contributed by atoms with Gasteiger partial charge in [0.1, 0.15) is 17.3 Å². The SMILES string of the molecule is O=c1[nH]cnc2c([C@@H]3N[C@H](O)CC3O)c[nH]c12. The summed E-state index contributed by atoms with van der Waals surface area (Å²) in [5.41, 5.74) is 1.32. The Labute approximate surface area is 95.5 Å². The average molecular weight is 236 g/mol. The van der Waals surface area contributed by atoms with Gasteiger partial charge in [0.2, 0.25) is 0 Å². The van der Waals surface area contributed by atoms with Crippen molar-refractivity contribution in [2.45, 2.75) is 24.8 Å². The van der Waals surface area contributed by atoms with Crippen LogP contribution >= 0.6 is 0 Å². The largest absolute Gasteiger partial charge is 0.391 e. The van der Waals surface area contributed by atoms with Crippen LogP contribution in [0.5, 0.6) is 0 Å². The molecule has 1 aliphatic rings. The van der Waals surface area contributed by atoms with Crippen molar-refractivity contribution >= 4 is 11.0 Å². The molecule has 3 heterocycles. The molecule has 0 saturated carbocycles. The van der Waals surface area contributed by atoms with Gasteiger partial charge < -0.3 is 20.2 Å². The van der Waals surface area contributed by atoms with E-state index in [0.717, 1.165) is 0 Å². The lowest BCUT2D eigenvalue weighted by Gasteiger charge is -2.13. The van der Waals surface area contributed by atoms with Crippen molar-refractivity contribution in [3.8, 4) is 0 Å². The van der Waals surface area contributed by atoms with Crippen LogP contribution in [-0.4, -0.2) is 37.5 Å². The van der Waals surface area contributed by atoms with E-state index in [-0.39, 0.29) is 12.0 Å². The van der Waals surface area contributed by atoms with Crippen LogP contribution in [0.4, 0.5) is 0 Å². The number of aliphatic hydroxyl groups excluding tert-OH is 2. The zero-order valence-corrected chi connectivity index (χ0v) is 8.84. The summed E-state index contributed by atoms with van der Waals surface area (Å²) in [7, 11) is 0. The summed E-state index contributed by atoms with van der Waals surface area (Å²) in [4.78, 5) is 20.9. The van der Waals surface area contributed by atoms with E-state index >= 15 is 0 Å². The Balaban J connectivity index is 2.12. The topological polar surface area (TPSA) is 114 Å². The molecular weight excluding hydrogens is 224 g/mol. The lowest BCUT2D eigenvalue weighted by molar-refractivity contribution is 0.129. The molecule has 0 amide bonds. The fourth-order valence-corrected chi connectivity index (χ4v) is 2.26. The smallest absolute Gasteiger partial charge is 0.275 e. The molecule has 0 aliphatic carbocycles. The molecule has 7 heteroatoms. The fraction of sp³-hybridized carbons (Fsp3) is 0.400. The van der Waals surface area contributed by atoms with Crippen molar-refractivity contribution < 1.29 is 10.2 Å². The van der Waals surface area contributed by atoms with E-state index < -0.39 is 18.4 Å². The highest BCUT2D eigenvalue weighted by molar-refractivity contribution is 5.78. The molecule has 1 fully saturated rings. The summed E-state index contributed by atoms with van der Waals surface area (Å²) >= 11 is 0. The van der Waals surface area contributed by atoms with E-state index in [2.05, 4.69) is 20.3 Å². The molecule has 0 bridgehead atoms. The Bertz CT molecular complexity index is 605. The Hall–Kier alpha value is -1.70. The molecule has 1 unspecified atom stereocenters. The first-order valence-electron chi connectivity index (χ1n) is 5.33. The van der Waals surface area contributed by atoms with Crippen molar-refractivity contribution in [1.29, 1.82) is 0 Å². The molecule has 2 aromatic rings. The molecule has 3 atom stereocenters. The second-order valence-corrected chi connectivity index (χ2v) is 4.16. The third-order valence-corrected chi connectivity index (χ3v) is 3.06. The monoisotopic (exact) mass is 236 g/mol. The number of nitrogens with zero attached hydrogens (tertiary/aromatic N) is 1. The van der Waals surface area contributed by atoms with Crippen molar-refractivity contribution in [2.24, 2.45) is 0 Å². The Morgan fingerprint density at radius 2 is 2.18 bits per heavy atom. The number of fused-ring (bicyclic) bond motifs is 1. The summed E-state index contributed by atoms with van der Waals surface area (Å²) in [6.45, 7) is 0. The van der Waals surface area contributed by atoms with Gasteiger partial charge in [0.25, 0.3) is 5.56 Å².